The fourth-order valence-corrected chi connectivity index (χ4v) is 1.33. The summed E-state index contributed by atoms with van der Waals surface area (Å²) in [5, 5.41) is 27.5. The molecule has 15 heavy (non-hydrogen) atoms. The van der Waals surface area contributed by atoms with E-state index in [4.69, 9.17) is 10.8 Å². The van der Waals surface area contributed by atoms with Crippen molar-refractivity contribution in [1.82, 2.24) is 0 Å². The van der Waals surface area contributed by atoms with E-state index in [-0.39, 0.29) is 12.1 Å². The molecule has 0 aliphatic rings. The molecule has 0 aliphatic carbocycles. The average molecular weight is 215 g/mol. The number of hydrogen-bond donors (Lipinski definition) is 4. The molecular weight excluding hydrogens is 201 g/mol. The van der Waals surface area contributed by atoms with Crippen LogP contribution in [0.5, 0.6) is 0 Å². The number of nitrogens with two attached hydrogens (primary N) is 1. The Balaban J connectivity index is 3.05. The number of hydrogen-bond acceptors (Lipinski definition) is 4. The molecule has 0 spiro atoms. The van der Waals surface area contributed by atoms with Gasteiger partial charge in [-0.05, 0) is 23.3 Å². The lowest BCUT2D eigenvalue weighted by Gasteiger charge is -2.18. The number of halogens is 1. The van der Waals surface area contributed by atoms with E-state index in [0.717, 1.165) is 6.07 Å². The zero-order valence-electron chi connectivity index (χ0n) is 8.10. The maximum atomic E-state index is 12.9. The first-order valence-corrected chi connectivity index (χ1v) is 4.55. The second kappa shape index (κ2) is 5.18. The molecule has 2 unspecified atom stereocenters. The largest absolute Gasteiger partial charge is 0.394 e. The van der Waals surface area contributed by atoms with Crippen LogP contribution in [0, 0.1) is 5.82 Å². The molecule has 5 N–H and O–H groups in total. The van der Waals surface area contributed by atoms with Crippen LogP contribution in [0.4, 0.5) is 4.39 Å². The maximum absolute atomic E-state index is 12.9. The predicted molar refractivity (Wildman–Crippen MR) is 52.3 cm³/mol. The van der Waals surface area contributed by atoms with Gasteiger partial charge >= 0.3 is 0 Å². The van der Waals surface area contributed by atoms with E-state index in [9.17, 15) is 14.6 Å². The van der Waals surface area contributed by atoms with E-state index >= 15 is 0 Å². The van der Waals surface area contributed by atoms with Gasteiger partial charge in [0.25, 0.3) is 0 Å². The molecule has 0 radical (unpaired) electrons. The molecule has 0 bridgehead atoms. The van der Waals surface area contributed by atoms with E-state index in [1.807, 2.05) is 0 Å². The molecule has 0 heterocycles. The molecule has 2 atom stereocenters. The van der Waals surface area contributed by atoms with Gasteiger partial charge < -0.3 is 21.1 Å². The highest BCUT2D eigenvalue weighted by Gasteiger charge is 2.20. The van der Waals surface area contributed by atoms with Crippen LogP contribution in [0.3, 0.4) is 0 Å². The second-order valence-corrected chi connectivity index (χ2v) is 3.24. The maximum Gasteiger partial charge on any atom is 0.123 e. The summed E-state index contributed by atoms with van der Waals surface area (Å²) in [6, 6.07) is 3.77. The molecule has 0 aliphatic heterocycles. The molecule has 0 saturated carbocycles. The predicted octanol–water partition coefficient (Wildman–Crippen LogP) is -0.329. The van der Waals surface area contributed by atoms with Gasteiger partial charge in [-0.3, -0.25) is 0 Å². The Labute approximate surface area is 86.8 Å². The van der Waals surface area contributed by atoms with Crippen molar-refractivity contribution in [1.29, 1.82) is 0 Å². The van der Waals surface area contributed by atoms with Crippen LogP contribution in [0.25, 0.3) is 0 Å². The van der Waals surface area contributed by atoms with Crippen molar-refractivity contribution in [2.45, 2.75) is 18.8 Å². The standard InChI is InChI=1S/C10H14FNO3/c11-7-2-1-6(4-12)8(3-7)10(15)9(14)5-13/h1-3,9-10,13-15H,4-5,12H2. The van der Waals surface area contributed by atoms with E-state index in [2.05, 4.69) is 0 Å². The Morgan fingerprint density at radius 1 is 1.33 bits per heavy atom. The van der Waals surface area contributed by atoms with Crippen LogP contribution in [0.2, 0.25) is 0 Å². The van der Waals surface area contributed by atoms with E-state index in [1.165, 1.54) is 12.1 Å². The van der Waals surface area contributed by atoms with Gasteiger partial charge in [-0.1, -0.05) is 6.07 Å². The lowest BCUT2D eigenvalue weighted by Crippen LogP contribution is -2.23. The van der Waals surface area contributed by atoms with Crippen molar-refractivity contribution < 1.29 is 19.7 Å². The van der Waals surface area contributed by atoms with E-state index in [1.54, 1.807) is 0 Å². The minimum Gasteiger partial charge on any atom is -0.394 e. The van der Waals surface area contributed by atoms with Crippen LogP contribution in [-0.4, -0.2) is 28.0 Å². The number of aliphatic hydroxyl groups excluding tert-OH is 3. The van der Waals surface area contributed by atoms with Gasteiger partial charge in [0, 0.05) is 6.54 Å². The quantitative estimate of drug-likeness (QED) is 0.554. The minimum atomic E-state index is -1.34. The molecule has 84 valence electrons. The van der Waals surface area contributed by atoms with Gasteiger partial charge in [0.2, 0.25) is 0 Å². The number of aliphatic hydroxyl groups is 3. The highest BCUT2D eigenvalue weighted by molar-refractivity contribution is 5.30. The Morgan fingerprint density at radius 3 is 2.53 bits per heavy atom. The van der Waals surface area contributed by atoms with Gasteiger partial charge in [0.15, 0.2) is 0 Å². The summed E-state index contributed by atoms with van der Waals surface area (Å²) >= 11 is 0. The fraction of sp³-hybridized carbons (Fsp3) is 0.400. The zero-order chi connectivity index (χ0) is 11.4. The SMILES string of the molecule is NCc1ccc(F)cc1C(O)C(O)CO. The third-order valence-electron chi connectivity index (χ3n) is 2.20. The Hall–Kier alpha value is -1.01. The van der Waals surface area contributed by atoms with Crippen LogP contribution < -0.4 is 5.73 Å². The van der Waals surface area contributed by atoms with Crippen molar-refractivity contribution in [2.75, 3.05) is 6.61 Å². The smallest absolute Gasteiger partial charge is 0.123 e. The highest BCUT2D eigenvalue weighted by Crippen LogP contribution is 2.22. The van der Waals surface area contributed by atoms with Crippen LogP contribution in [0.15, 0.2) is 18.2 Å². The third kappa shape index (κ3) is 2.73. The molecule has 1 rings (SSSR count). The summed E-state index contributed by atoms with van der Waals surface area (Å²) in [5.74, 6) is -0.522. The molecule has 0 fully saturated rings. The van der Waals surface area contributed by atoms with Gasteiger partial charge in [-0.25, -0.2) is 4.39 Å². The Bertz CT molecular complexity index is 332. The van der Waals surface area contributed by atoms with Gasteiger partial charge in [-0.2, -0.15) is 0 Å². The minimum absolute atomic E-state index is 0.130. The lowest BCUT2D eigenvalue weighted by atomic mass is 9.99. The first-order chi connectivity index (χ1) is 7.10. The van der Waals surface area contributed by atoms with E-state index in [0.29, 0.717) is 5.56 Å². The van der Waals surface area contributed by atoms with Crippen molar-refractivity contribution in [3.8, 4) is 0 Å². The summed E-state index contributed by atoms with van der Waals surface area (Å²) in [6.45, 7) is -0.466. The van der Waals surface area contributed by atoms with Crippen LogP contribution in [0.1, 0.15) is 17.2 Å². The molecule has 0 aromatic heterocycles. The number of rotatable bonds is 4. The molecule has 0 amide bonds. The molecule has 1 aromatic rings. The molecule has 1 aromatic carbocycles. The van der Waals surface area contributed by atoms with Crippen LogP contribution in [-0.2, 0) is 6.54 Å². The summed E-state index contributed by atoms with van der Waals surface area (Å²) < 4.78 is 12.9. The van der Waals surface area contributed by atoms with Gasteiger partial charge in [-0.15, -0.1) is 0 Å². The Kier molecular flexibility index (Phi) is 4.16. The van der Waals surface area contributed by atoms with Crippen LogP contribution >= 0.6 is 0 Å². The highest BCUT2D eigenvalue weighted by atomic mass is 19.1. The van der Waals surface area contributed by atoms with Gasteiger partial charge in [0.05, 0.1) is 6.61 Å². The number of benzene rings is 1. The van der Waals surface area contributed by atoms with Crippen molar-refractivity contribution in [3.63, 3.8) is 0 Å². The molecular formula is C10H14FNO3. The monoisotopic (exact) mass is 215 g/mol. The topological polar surface area (TPSA) is 86.7 Å². The summed E-state index contributed by atoms with van der Waals surface area (Å²) in [4.78, 5) is 0. The first kappa shape index (κ1) is 12.1. The second-order valence-electron chi connectivity index (χ2n) is 3.24. The molecule has 0 saturated heterocycles. The van der Waals surface area contributed by atoms with E-state index < -0.39 is 24.6 Å². The van der Waals surface area contributed by atoms with Crippen molar-refractivity contribution >= 4 is 0 Å². The Morgan fingerprint density at radius 2 is 2.00 bits per heavy atom. The summed E-state index contributed by atoms with van der Waals surface area (Å²) in [5.41, 5.74) is 6.15. The third-order valence-corrected chi connectivity index (χ3v) is 2.20. The fourth-order valence-electron chi connectivity index (χ4n) is 1.33. The lowest BCUT2D eigenvalue weighted by molar-refractivity contribution is -0.0157. The molecule has 4 nitrogen and oxygen atoms in total. The molecule has 5 heteroatoms. The van der Waals surface area contributed by atoms with Gasteiger partial charge in [0.1, 0.15) is 18.0 Å². The van der Waals surface area contributed by atoms with Crippen molar-refractivity contribution in [3.05, 3.63) is 35.1 Å². The van der Waals surface area contributed by atoms with Crippen molar-refractivity contribution in [2.24, 2.45) is 5.73 Å². The first-order valence-electron chi connectivity index (χ1n) is 4.55. The normalized spacial score (nSPS) is 15.0. The summed E-state index contributed by atoms with van der Waals surface area (Å²) in [6.07, 6.45) is -2.67. The zero-order valence-corrected chi connectivity index (χ0v) is 8.10. The average Bonchev–Trinajstić information content (AvgIpc) is 2.27. The summed E-state index contributed by atoms with van der Waals surface area (Å²) in [7, 11) is 0.